The first-order chi connectivity index (χ1) is 7.02. The number of carbonyl (C=O) groups excluding carboxylic acids is 1. The molecule has 0 amide bonds. The van der Waals surface area contributed by atoms with E-state index < -0.39 is 0 Å². The summed E-state index contributed by atoms with van der Waals surface area (Å²) in [7, 11) is 0. The van der Waals surface area contributed by atoms with Crippen LogP contribution in [0.15, 0.2) is 16.6 Å². The lowest BCUT2D eigenvalue weighted by molar-refractivity contribution is 0.101. The normalized spacial score (nSPS) is 10.9. The number of aromatic nitrogens is 1. The van der Waals surface area contributed by atoms with E-state index in [0.29, 0.717) is 22.2 Å². The van der Waals surface area contributed by atoms with E-state index in [-0.39, 0.29) is 11.6 Å². The largest absolute Gasteiger partial charge is 0.351 e. The van der Waals surface area contributed by atoms with E-state index in [1.165, 1.54) is 13.0 Å². The van der Waals surface area contributed by atoms with Gasteiger partial charge in [-0.3, -0.25) is 4.79 Å². The number of ketones is 1. The molecule has 1 N–H and O–H groups in total. The second kappa shape index (κ2) is 3.45. The predicted molar refractivity (Wildman–Crippen MR) is 60.7 cm³/mol. The Morgan fingerprint density at radius 3 is 2.67 bits per heavy atom. The summed E-state index contributed by atoms with van der Waals surface area (Å²) in [6, 6.07) is 3.01. The molecule has 4 heteroatoms. The number of hydrogen-bond donors (Lipinski definition) is 1. The van der Waals surface area contributed by atoms with Gasteiger partial charge in [0.1, 0.15) is 5.82 Å². The molecule has 2 aromatic rings. The van der Waals surface area contributed by atoms with Crippen LogP contribution < -0.4 is 0 Å². The van der Waals surface area contributed by atoms with E-state index >= 15 is 0 Å². The molecular weight excluding hydrogens is 261 g/mol. The lowest BCUT2D eigenvalue weighted by atomic mass is 10.1. The lowest BCUT2D eigenvalue weighted by Gasteiger charge is -1.96. The molecule has 1 aromatic carbocycles. The first kappa shape index (κ1) is 10.4. The average Bonchev–Trinajstić information content (AvgIpc) is 2.51. The van der Waals surface area contributed by atoms with Crippen LogP contribution in [0, 0.1) is 12.7 Å². The van der Waals surface area contributed by atoms with Gasteiger partial charge >= 0.3 is 0 Å². The van der Waals surface area contributed by atoms with Crippen molar-refractivity contribution in [3.63, 3.8) is 0 Å². The smallest absolute Gasteiger partial charge is 0.176 e. The highest BCUT2D eigenvalue weighted by Crippen LogP contribution is 2.30. The van der Waals surface area contributed by atoms with Crippen molar-refractivity contribution in [1.82, 2.24) is 4.98 Å². The molecule has 2 nitrogen and oxygen atoms in total. The molecule has 0 bridgehead atoms. The highest BCUT2D eigenvalue weighted by molar-refractivity contribution is 9.10. The third kappa shape index (κ3) is 1.49. The second-order valence-corrected chi connectivity index (χ2v) is 4.31. The minimum Gasteiger partial charge on any atom is -0.351 e. The van der Waals surface area contributed by atoms with Crippen molar-refractivity contribution < 1.29 is 9.18 Å². The van der Waals surface area contributed by atoms with Crippen molar-refractivity contribution in [3.8, 4) is 0 Å². The number of H-pyrrole nitrogens is 1. The summed E-state index contributed by atoms with van der Waals surface area (Å²) in [6.45, 7) is 3.20. The number of halogens is 2. The Bertz CT molecular complexity index is 559. The topological polar surface area (TPSA) is 32.9 Å². The van der Waals surface area contributed by atoms with Crippen LogP contribution in [0.2, 0.25) is 0 Å². The van der Waals surface area contributed by atoms with Crippen molar-refractivity contribution in [3.05, 3.63) is 33.7 Å². The number of carbonyl (C=O) groups is 1. The Balaban J connectivity index is 2.93. The molecule has 0 unspecified atom stereocenters. The van der Waals surface area contributed by atoms with Crippen molar-refractivity contribution in [2.45, 2.75) is 13.8 Å². The second-order valence-electron chi connectivity index (χ2n) is 3.46. The van der Waals surface area contributed by atoms with Gasteiger partial charge in [0.25, 0.3) is 0 Å². The minimum atomic E-state index is -0.311. The molecule has 1 aromatic heterocycles. The Morgan fingerprint density at radius 2 is 2.13 bits per heavy atom. The molecule has 1 heterocycles. The summed E-state index contributed by atoms with van der Waals surface area (Å²) >= 11 is 3.32. The molecule has 78 valence electrons. The molecule has 0 saturated heterocycles. The molecule has 0 radical (unpaired) electrons. The van der Waals surface area contributed by atoms with Gasteiger partial charge in [0.05, 0.1) is 11.2 Å². The molecule has 0 fully saturated rings. The number of hydrogen-bond acceptors (Lipinski definition) is 1. The maximum Gasteiger partial charge on any atom is 0.176 e. The summed E-state index contributed by atoms with van der Waals surface area (Å²) < 4.78 is 14.3. The fraction of sp³-hybridized carbons (Fsp3) is 0.182. The fourth-order valence-corrected chi connectivity index (χ4v) is 2.17. The van der Waals surface area contributed by atoms with Crippen LogP contribution >= 0.6 is 15.9 Å². The van der Waals surface area contributed by atoms with Crippen molar-refractivity contribution in [2.75, 3.05) is 0 Å². The van der Waals surface area contributed by atoms with Crippen molar-refractivity contribution in [1.29, 1.82) is 0 Å². The summed E-state index contributed by atoms with van der Waals surface area (Å²) in [5.74, 6) is -0.399. The standard InChI is InChI=1S/C11H9BrFNO/c1-5-9-8(13)4-3-7(12)11(9)14-10(5)6(2)15/h3-4,14H,1-2H3. The SMILES string of the molecule is CC(=O)c1[nH]c2c(Br)ccc(F)c2c1C. The van der Waals surface area contributed by atoms with Crippen molar-refractivity contribution >= 4 is 32.6 Å². The molecule has 0 aliphatic heterocycles. The maximum atomic E-state index is 13.6. The predicted octanol–water partition coefficient (Wildman–Crippen LogP) is 3.58. The van der Waals surface area contributed by atoms with Crippen molar-refractivity contribution in [2.24, 2.45) is 0 Å². The Kier molecular flexibility index (Phi) is 2.38. The Labute approximate surface area is 94.6 Å². The van der Waals surface area contributed by atoms with Gasteiger partial charge < -0.3 is 4.98 Å². The third-order valence-electron chi connectivity index (χ3n) is 2.46. The summed E-state index contributed by atoms with van der Waals surface area (Å²) in [5, 5.41) is 0.481. The molecule has 0 aliphatic carbocycles. The van der Waals surface area contributed by atoms with Gasteiger partial charge in [-0.2, -0.15) is 0 Å². The quantitative estimate of drug-likeness (QED) is 0.789. The minimum absolute atomic E-state index is 0.0880. The van der Waals surface area contributed by atoms with Crippen LogP contribution in [0.25, 0.3) is 10.9 Å². The molecule has 0 saturated carbocycles. The zero-order valence-electron chi connectivity index (χ0n) is 8.32. The van der Waals surface area contributed by atoms with Crippen LogP contribution in [-0.2, 0) is 0 Å². The van der Waals surface area contributed by atoms with Gasteiger partial charge in [-0.1, -0.05) is 0 Å². The Morgan fingerprint density at radius 1 is 1.47 bits per heavy atom. The molecule has 2 rings (SSSR count). The summed E-state index contributed by atoms with van der Waals surface area (Å²) in [6.07, 6.45) is 0. The van der Waals surface area contributed by atoms with Gasteiger partial charge in [0.2, 0.25) is 0 Å². The number of aromatic amines is 1. The molecular formula is C11H9BrFNO. The third-order valence-corrected chi connectivity index (χ3v) is 3.12. The molecule has 0 aliphatic rings. The van der Waals surface area contributed by atoms with E-state index in [1.807, 2.05) is 0 Å². The highest BCUT2D eigenvalue weighted by Gasteiger charge is 2.15. The van der Waals surface area contributed by atoms with Crippen LogP contribution in [0.3, 0.4) is 0 Å². The molecule has 0 spiro atoms. The lowest BCUT2D eigenvalue weighted by Crippen LogP contribution is -1.93. The zero-order valence-corrected chi connectivity index (χ0v) is 9.90. The average molecular weight is 270 g/mol. The summed E-state index contributed by atoms with van der Waals surface area (Å²) in [5.41, 5.74) is 1.77. The van der Waals surface area contributed by atoms with E-state index in [0.717, 1.165) is 4.47 Å². The number of nitrogens with one attached hydrogen (secondary N) is 1. The van der Waals surface area contributed by atoms with Gasteiger partial charge in [-0.05, 0) is 40.5 Å². The molecule has 0 atom stereocenters. The monoisotopic (exact) mass is 269 g/mol. The van der Waals surface area contributed by atoms with E-state index in [9.17, 15) is 9.18 Å². The zero-order chi connectivity index (χ0) is 11.2. The number of rotatable bonds is 1. The van der Waals surface area contributed by atoms with Crippen LogP contribution in [0.5, 0.6) is 0 Å². The fourth-order valence-electron chi connectivity index (χ4n) is 1.74. The van der Waals surface area contributed by atoms with E-state index in [1.54, 1.807) is 13.0 Å². The number of fused-ring (bicyclic) bond motifs is 1. The maximum absolute atomic E-state index is 13.6. The Hall–Kier alpha value is -1.16. The van der Waals surface area contributed by atoms with Gasteiger partial charge in [0.15, 0.2) is 5.78 Å². The van der Waals surface area contributed by atoms with E-state index in [2.05, 4.69) is 20.9 Å². The number of benzene rings is 1. The number of aryl methyl sites for hydroxylation is 1. The highest BCUT2D eigenvalue weighted by atomic mass is 79.9. The summed E-state index contributed by atoms with van der Waals surface area (Å²) in [4.78, 5) is 14.2. The van der Waals surface area contributed by atoms with Crippen LogP contribution in [0.4, 0.5) is 4.39 Å². The van der Waals surface area contributed by atoms with E-state index in [4.69, 9.17) is 0 Å². The first-order valence-electron chi connectivity index (χ1n) is 4.49. The van der Waals surface area contributed by atoms with Crippen LogP contribution in [-0.4, -0.2) is 10.8 Å². The van der Waals surface area contributed by atoms with Crippen LogP contribution in [0.1, 0.15) is 23.0 Å². The van der Waals surface area contributed by atoms with Gasteiger partial charge in [0, 0.05) is 16.8 Å². The van der Waals surface area contributed by atoms with Gasteiger partial charge in [-0.25, -0.2) is 4.39 Å². The molecule has 15 heavy (non-hydrogen) atoms. The first-order valence-corrected chi connectivity index (χ1v) is 5.29. The van der Waals surface area contributed by atoms with Gasteiger partial charge in [-0.15, -0.1) is 0 Å². The number of Topliss-reactive ketones (excluding diaryl/α,β-unsaturated/α-hetero) is 1.